The highest BCUT2D eigenvalue weighted by molar-refractivity contribution is 5.48. The van der Waals surface area contributed by atoms with Gasteiger partial charge in [0.2, 0.25) is 0 Å². The van der Waals surface area contributed by atoms with E-state index in [-0.39, 0.29) is 5.82 Å². The highest BCUT2D eigenvalue weighted by Gasteiger charge is 2.26. The van der Waals surface area contributed by atoms with Crippen molar-refractivity contribution in [2.24, 2.45) is 0 Å². The zero-order chi connectivity index (χ0) is 14.1. The molecule has 1 unspecified atom stereocenters. The van der Waals surface area contributed by atoms with Crippen LogP contribution in [0.15, 0.2) is 12.3 Å². The number of nitrogens with one attached hydrogen (secondary N) is 1. The molecule has 4 nitrogen and oxygen atoms in total. The van der Waals surface area contributed by atoms with Crippen LogP contribution in [0.25, 0.3) is 0 Å². The summed E-state index contributed by atoms with van der Waals surface area (Å²) in [6.45, 7) is 5.92. The molecule has 1 aromatic rings. The zero-order valence-electron chi connectivity index (χ0n) is 12.3. The third kappa shape index (κ3) is 3.10. The van der Waals surface area contributed by atoms with E-state index >= 15 is 0 Å². The molecule has 2 aliphatic rings. The van der Waals surface area contributed by atoms with Crippen LogP contribution in [0.5, 0.6) is 0 Å². The Kier molecular flexibility index (Phi) is 3.89. The minimum atomic E-state index is -0.247. The van der Waals surface area contributed by atoms with Crippen LogP contribution in [0.2, 0.25) is 0 Å². The third-order valence-corrected chi connectivity index (χ3v) is 4.17. The minimum absolute atomic E-state index is 0.247. The summed E-state index contributed by atoms with van der Waals surface area (Å²) in [5, 5.41) is 3.46. The summed E-state index contributed by atoms with van der Waals surface area (Å²) >= 11 is 0. The number of anilines is 1. The van der Waals surface area contributed by atoms with Crippen molar-refractivity contribution in [3.05, 3.63) is 23.6 Å². The maximum absolute atomic E-state index is 13.5. The minimum Gasteiger partial charge on any atom is -0.351 e. The Hall–Kier alpha value is -1.20. The lowest BCUT2D eigenvalue weighted by Gasteiger charge is -2.39. The van der Waals surface area contributed by atoms with E-state index in [0.717, 1.165) is 31.0 Å². The van der Waals surface area contributed by atoms with Gasteiger partial charge in [-0.1, -0.05) is 0 Å². The first-order valence-corrected chi connectivity index (χ1v) is 7.46. The van der Waals surface area contributed by atoms with E-state index in [1.165, 1.54) is 19.0 Å². The van der Waals surface area contributed by atoms with Crippen LogP contribution >= 0.6 is 0 Å². The molecule has 1 aliphatic heterocycles. The lowest BCUT2D eigenvalue weighted by molar-refractivity contribution is 0.274. The first-order valence-electron chi connectivity index (χ1n) is 7.46. The fourth-order valence-corrected chi connectivity index (χ4v) is 2.86. The molecule has 2 fully saturated rings. The lowest BCUT2D eigenvalue weighted by Crippen LogP contribution is -2.51. The molecule has 1 atom stereocenters. The topological polar surface area (TPSA) is 31.4 Å². The Labute approximate surface area is 120 Å². The first kappa shape index (κ1) is 13.8. The zero-order valence-corrected chi connectivity index (χ0v) is 12.3. The molecule has 5 heteroatoms. The summed E-state index contributed by atoms with van der Waals surface area (Å²) < 4.78 is 13.5. The van der Waals surface area contributed by atoms with Gasteiger partial charge in [-0.2, -0.15) is 0 Å². The molecule has 0 spiro atoms. The number of pyridine rings is 1. The van der Waals surface area contributed by atoms with Gasteiger partial charge in [0, 0.05) is 43.8 Å². The Bertz CT molecular complexity index is 475. The van der Waals surface area contributed by atoms with Gasteiger partial charge in [-0.05, 0) is 32.9 Å². The first-order chi connectivity index (χ1) is 9.63. The van der Waals surface area contributed by atoms with E-state index in [1.54, 1.807) is 6.07 Å². The summed E-state index contributed by atoms with van der Waals surface area (Å²) in [7, 11) is 2.14. The van der Waals surface area contributed by atoms with Crippen LogP contribution < -0.4 is 10.2 Å². The molecule has 1 saturated carbocycles. The molecule has 0 amide bonds. The second-order valence-corrected chi connectivity index (χ2v) is 6.10. The highest BCUT2D eigenvalue weighted by Crippen LogP contribution is 2.25. The molecular weight excluding hydrogens is 255 g/mol. The molecule has 1 saturated heterocycles. The van der Waals surface area contributed by atoms with Crippen molar-refractivity contribution in [1.82, 2.24) is 15.2 Å². The van der Waals surface area contributed by atoms with Crippen LogP contribution in [0, 0.1) is 5.82 Å². The Morgan fingerprint density at radius 3 is 2.90 bits per heavy atom. The van der Waals surface area contributed by atoms with E-state index < -0.39 is 0 Å². The van der Waals surface area contributed by atoms with E-state index in [0.29, 0.717) is 18.6 Å². The normalized spacial score (nSPS) is 24.1. The Morgan fingerprint density at radius 2 is 2.20 bits per heavy atom. The van der Waals surface area contributed by atoms with Crippen molar-refractivity contribution in [1.29, 1.82) is 0 Å². The number of rotatable bonds is 4. The molecule has 20 heavy (non-hydrogen) atoms. The summed E-state index contributed by atoms with van der Waals surface area (Å²) in [4.78, 5) is 9.00. The van der Waals surface area contributed by atoms with Crippen LogP contribution in [-0.2, 0) is 6.54 Å². The number of halogens is 1. The predicted octanol–water partition coefficient (Wildman–Crippen LogP) is 1.61. The molecule has 3 rings (SSSR count). The molecule has 0 aromatic carbocycles. The van der Waals surface area contributed by atoms with Crippen molar-refractivity contribution in [2.45, 2.75) is 38.4 Å². The SMILES string of the molecule is CC1CN(C)CCN1c1ncc(F)cc1CNC1CC1. The van der Waals surface area contributed by atoms with Crippen molar-refractivity contribution in [3.63, 3.8) is 0 Å². The molecule has 1 aromatic heterocycles. The number of aromatic nitrogens is 1. The van der Waals surface area contributed by atoms with Crippen LogP contribution in [0.1, 0.15) is 25.3 Å². The second-order valence-electron chi connectivity index (χ2n) is 6.10. The molecule has 1 aliphatic carbocycles. The molecule has 110 valence electrons. The molecule has 0 radical (unpaired) electrons. The van der Waals surface area contributed by atoms with Crippen LogP contribution in [0.3, 0.4) is 0 Å². The maximum Gasteiger partial charge on any atom is 0.141 e. The van der Waals surface area contributed by atoms with Gasteiger partial charge >= 0.3 is 0 Å². The Balaban J connectivity index is 1.79. The average molecular weight is 278 g/mol. The van der Waals surface area contributed by atoms with Gasteiger partial charge < -0.3 is 15.1 Å². The second kappa shape index (κ2) is 5.66. The molecule has 2 heterocycles. The van der Waals surface area contributed by atoms with E-state index in [9.17, 15) is 4.39 Å². The number of nitrogens with zero attached hydrogens (tertiary/aromatic N) is 3. The van der Waals surface area contributed by atoms with Crippen molar-refractivity contribution in [3.8, 4) is 0 Å². The van der Waals surface area contributed by atoms with Crippen molar-refractivity contribution in [2.75, 3.05) is 31.6 Å². The Morgan fingerprint density at radius 1 is 1.40 bits per heavy atom. The monoisotopic (exact) mass is 278 g/mol. The molecule has 0 bridgehead atoms. The van der Waals surface area contributed by atoms with Gasteiger partial charge in [0.15, 0.2) is 0 Å². The number of hydrogen-bond donors (Lipinski definition) is 1. The largest absolute Gasteiger partial charge is 0.351 e. The lowest BCUT2D eigenvalue weighted by atomic mass is 10.1. The van der Waals surface area contributed by atoms with Gasteiger partial charge in [0.05, 0.1) is 6.20 Å². The van der Waals surface area contributed by atoms with Gasteiger partial charge in [-0.15, -0.1) is 0 Å². The van der Waals surface area contributed by atoms with Crippen LogP contribution in [0.4, 0.5) is 10.2 Å². The number of piperazine rings is 1. The standard InChI is InChI=1S/C15H23FN4/c1-11-10-19(2)5-6-20(11)15-12(7-13(16)9-18-15)8-17-14-3-4-14/h7,9,11,14,17H,3-6,8,10H2,1-2H3. The summed E-state index contributed by atoms with van der Waals surface area (Å²) in [5.41, 5.74) is 0.980. The van der Waals surface area contributed by atoms with E-state index in [1.807, 2.05) is 0 Å². The third-order valence-electron chi connectivity index (χ3n) is 4.17. The van der Waals surface area contributed by atoms with Gasteiger partial charge in [-0.25, -0.2) is 9.37 Å². The highest BCUT2D eigenvalue weighted by atomic mass is 19.1. The van der Waals surface area contributed by atoms with Crippen LogP contribution in [-0.4, -0.2) is 48.6 Å². The average Bonchev–Trinajstić information content (AvgIpc) is 3.21. The van der Waals surface area contributed by atoms with Crippen molar-refractivity contribution >= 4 is 5.82 Å². The predicted molar refractivity (Wildman–Crippen MR) is 78.4 cm³/mol. The summed E-state index contributed by atoms with van der Waals surface area (Å²) in [5.74, 6) is 0.697. The number of hydrogen-bond acceptors (Lipinski definition) is 4. The fourth-order valence-electron chi connectivity index (χ4n) is 2.86. The molecular formula is C15H23FN4. The number of likely N-dealkylation sites (N-methyl/N-ethyl adjacent to an activating group) is 1. The van der Waals surface area contributed by atoms with Gasteiger partial charge in [0.25, 0.3) is 0 Å². The van der Waals surface area contributed by atoms with E-state index in [4.69, 9.17) is 0 Å². The summed E-state index contributed by atoms with van der Waals surface area (Å²) in [6.07, 6.45) is 3.81. The fraction of sp³-hybridized carbons (Fsp3) is 0.667. The summed E-state index contributed by atoms with van der Waals surface area (Å²) in [6, 6.07) is 2.66. The van der Waals surface area contributed by atoms with Gasteiger partial charge in [-0.3, -0.25) is 0 Å². The maximum atomic E-state index is 13.5. The molecule has 1 N–H and O–H groups in total. The quantitative estimate of drug-likeness (QED) is 0.907. The van der Waals surface area contributed by atoms with Crippen molar-refractivity contribution < 1.29 is 4.39 Å². The van der Waals surface area contributed by atoms with Gasteiger partial charge in [0.1, 0.15) is 11.6 Å². The smallest absolute Gasteiger partial charge is 0.141 e. The van der Waals surface area contributed by atoms with E-state index in [2.05, 4.69) is 34.1 Å².